The van der Waals surface area contributed by atoms with E-state index >= 15 is 0 Å². The van der Waals surface area contributed by atoms with Crippen LogP contribution >= 0.6 is 11.3 Å². The second-order valence-corrected chi connectivity index (χ2v) is 7.01. The number of nitrogens with one attached hydrogen (secondary N) is 1. The van der Waals surface area contributed by atoms with Gasteiger partial charge in [-0.3, -0.25) is 4.79 Å². The van der Waals surface area contributed by atoms with Gasteiger partial charge in [0.05, 0.1) is 11.5 Å². The van der Waals surface area contributed by atoms with Crippen LogP contribution in [0.2, 0.25) is 0 Å². The highest BCUT2D eigenvalue weighted by molar-refractivity contribution is 7.91. The maximum Gasteiger partial charge on any atom is 0.244 e. The average Bonchev–Trinajstić information content (AvgIpc) is 2.85. The Bertz CT molecular complexity index is 517. The van der Waals surface area contributed by atoms with Crippen molar-refractivity contribution in [2.24, 2.45) is 0 Å². The normalized spacial score (nSPS) is 22.9. The van der Waals surface area contributed by atoms with Crippen molar-refractivity contribution < 1.29 is 13.2 Å². The third-order valence-electron chi connectivity index (χ3n) is 2.55. The van der Waals surface area contributed by atoms with Gasteiger partial charge in [0.1, 0.15) is 0 Å². The van der Waals surface area contributed by atoms with Gasteiger partial charge in [-0.15, -0.1) is 0 Å². The third-order valence-corrected chi connectivity index (χ3v) is 5.02. The van der Waals surface area contributed by atoms with Crippen LogP contribution in [0.3, 0.4) is 0 Å². The lowest BCUT2D eigenvalue weighted by molar-refractivity contribution is -0.116. The van der Waals surface area contributed by atoms with Crippen molar-refractivity contribution in [2.45, 2.75) is 12.5 Å². The highest BCUT2D eigenvalue weighted by atomic mass is 32.2. The van der Waals surface area contributed by atoms with Crippen molar-refractivity contribution in [3.8, 4) is 0 Å². The van der Waals surface area contributed by atoms with Gasteiger partial charge in [-0.1, -0.05) is 0 Å². The number of thiophene rings is 1. The minimum absolute atomic E-state index is 0.0605. The van der Waals surface area contributed by atoms with E-state index in [1.165, 1.54) is 6.08 Å². The van der Waals surface area contributed by atoms with E-state index in [-0.39, 0.29) is 23.5 Å². The maximum absolute atomic E-state index is 11.5. The van der Waals surface area contributed by atoms with Crippen molar-refractivity contribution >= 4 is 33.2 Å². The molecule has 0 aliphatic carbocycles. The molecular formula is C11H13NO3S2. The molecule has 1 aromatic heterocycles. The molecule has 1 amide bonds. The Hall–Kier alpha value is -1.14. The fourth-order valence-electron chi connectivity index (χ4n) is 1.70. The Morgan fingerprint density at radius 2 is 2.35 bits per heavy atom. The van der Waals surface area contributed by atoms with Gasteiger partial charge in [0.15, 0.2) is 9.84 Å². The van der Waals surface area contributed by atoms with Crippen molar-refractivity contribution in [1.29, 1.82) is 0 Å². The van der Waals surface area contributed by atoms with E-state index < -0.39 is 9.84 Å². The molecule has 0 spiro atoms. The zero-order valence-corrected chi connectivity index (χ0v) is 10.8. The molecule has 1 atom stereocenters. The molecule has 1 aliphatic rings. The van der Waals surface area contributed by atoms with Crippen LogP contribution in [-0.2, 0) is 14.6 Å². The highest BCUT2D eigenvalue weighted by Crippen LogP contribution is 2.11. The molecule has 1 aromatic rings. The molecule has 1 fully saturated rings. The number of hydrogen-bond acceptors (Lipinski definition) is 4. The summed E-state index contributed by atoms with van der Waals surface area (Å²) in [5, 5.41) is 6.56. The Labute approximate surface area is 104 Å². The minimum atomic E-state index is -2.94. The van der Waals surface area contributed by atoms with Crippen molar-refractivity contribution in [3.63, 3.8) is 0 Å². The summed E-state index contributed by atoms with van der Waals surface area (Å²) in [4.78, 5) is 11.5. The Balaban J connectivity index is 1.86. The summed E-state index contributed by atoms with van der Waals surface area (Å²) >= 11 is 1.56. The summed E-state index contributed by atoms with van der Waals surface area (Å²) in [5.74, 6) is -0.00433. The summed E-state index contributed by atoms with van der Waals surface area (Å²) in [6.45, 7) is 0. The van der Waals surface area contributed by atoms with Crippen molar-refractivity contribution in [2.75, 3.05) is 11.5 Å². The first kappa shape index (κ1) is 12.3. The molecule has 2 heterocycles. The van der Waals surface area contributed by atoms with Crippen LogP contribution in [0.15, 0.2) is 22.9 Å². The van der Waals surface area contributed by atoms with Crippen molar-refractivity contribution in [1.82, 2.24) is 5.32 Å². The van der Waals surface area contributed by atoms with E-state index in [0.717, 1.165) is 5.56 Å². The predicted molar refractivity (Wildman–Crippen MR) is 68.6 cm³/mol. The predicted octanol–water partition coefficient (Wildman–Crippen LogP) is 1.06. The molecule has 1 N–H and O–H groups in total. The molecule has 0 saturated carbocycles. The lowest BCUT2D eigenvalue weighted by atomic mass is 10.2. The van der Waals surface area contributed by atoms with Crippen LogP contribution in [0, 0.1) is 0 Å². The molecule has 92 valence electrons. The lowest BCUT2D eigenvalue weighted by Gasteiger charge is -2.07. The SMILES string of the molecule is O=C(/C=C/c1ccsc1)N[C@H]1CCS(=O)(=O)C1. The third kappa shape index (κ3) is 3.67. The van der Waals surface area contributed by atoms with E-state index in [4.69, 9.17) is 0 Å². The fraction of sp³-hybridized carbons (Fsp3) is 0.364. The van der Waals surface area contributed by atoms with Gasteiger partial charge in [0.2, 0.25) is 5.91 Å². The van der Waals surface area contributed by atoms with Crippen LogP contribution in [0.5, 0.6) is 0 Å². The minimum Gasteiger partial charge on any atom is -0.349 e. The average molecular weight is 271 g/mol. The van der Waals surface area contributed by atoms with Gasteiger partial charge in [0.25, 0.3) is 0 Å². The first-order valence-corrected chi connectivity index (χ1v) is 8.03. The monoisotopic (exact) mass is 271 g/mol. The van der Waals surface area contributed by atoms with E-state index in [2.05, 4.69) is 5.32 Å². The van der Waals surface area contributed by atoms with E-state index in [1.54, 1.807) is 17.4 Å². The Kier molecular flexibility index (Phi) is 3.63. The summed E-state index contributed by atoms with van der Waals surface area (Å²) in [6, 6.07) is 1.67. The molecule has 0 radical (unpaired) electrons. The summed E-state index contributed by atoms with van der Waals surface area (Å²) in [6.07, 6.45) is 3.67. The first-order valence-electron chi connectivity index (χ1n) is 5.26. The van der Waals surface area contributed by atoms with Crippen LogP contribution in [0.25, 0.3) is 6.08 Å². The van der Waals surface area contributed by atoms with Crippen LogP contribution < -0.4 is 5.32 Å². The van der Waals surface area contributed by atoms with E-state index in [0.29, 0.717) is 6.42 Å². The number of amides is 1. The quantitative estimate of drug-likeness (QED) is 0.836. The number of hydrogen-bond donors (Lipinski definition) is 1. The second-order valence-electron chi connectivity index (χ2n) is 4.00. The van der Waals surface area contributed by atoms with Gasteiger partial charge in [-0.2, -0.15) is 11.3 Å². The van der Waals surface area contributed by atoms with Crippen LogP contribution in [-0.4, -0.2) is 31.9 Å². The molecule has 0 unspecified atom stereocenters. The Morgan fingerprint density at radius 1 is 1.53 bits per heavy atom. The molecule has 0 bridgehead atoms. The molecule has 1 saturated heterocycles. The first-order chi connectivity index (χ1) is 8.05. The summed E-state index contributed by atoms with van der Waals surface area (Å²) in [7, 11) is -2.94. The number of carbonyl (C=O) groups excluding carboxylic acids is 1. The van der Waals surface area contributed by atoms with Gasteiger partial charge >= 0.3 is 0 Å². The van der Waals surface area contributed by atoms with Gasteiger partial charge < -0.3 is 5.32 Å². The topological polar surface area (TPSA) is 63.2 Å². The zero-order chi connectivity index (χ0) is 12.3. The smallest absolute Gasteiger partial charge is 0.244 e. The largest absolute Gasteiger partial charge is 0.349 e. The number of rotatable bonds is 3. The lowest BCUT2D eigenvalue weighted by Crippen LogP contribution is -2.34. The van der Waals surface area contributed by atoms with Gasteiger partial charge in [0, 0.05) is 12.1 Å². The van der Waals surface area contributed by atoms with Crippen LogP contribution in [0.1, 0.15) is 12.0 Å². The standard InChI is InChI=1S/C11H13NO3S2/c13-11(2-1-9-3-5-16-7-9)12-10-4-6-17(14,15)8-10/h1-3,5,7,10H,4,6,8H2,(H,12,13)/b2-1+/t10-/m0/s1. The van der Waals surface area contributed by atoms with Gasteiger partial charge in [-0.05, 0) is 34.9 Å². The molecule has 0 aromatic carbocycles. The van der Waals surface area contributed by atoms with E-state index in [1.807, 2.05) is 16.8 Å². The maximum atomic E-state index is 11.5. The van der Waals surface area contributed by atoms with Crippen molar-refractivity contribution in [3.05, 3.63) is 28.5 Å². The van der Waals surface area contributed by atoms with E-state index in [9.17, 15) is 13.2 Å². The molecule has 4 nitrogen and oxygen atoms in total. The zero-order valence-electron chi connectivity index (χ0n) is 9.13. The van der Waals surface area contributed by atoms with Crippen LogP contribution in [0.4, 0.5) is 0 Å². The summed E-state index contributed by atoms with van der Waals surface area (Å²) < 4.78 is 22.4. The van der Waals surface area contributed by atoms with Gasteiger partial charge in [-0.25, -0.2) is 8.42 Å². The Morgan fingerprint density at radius 3 is 2.94 bits per heavy atom. The molecular weight excluding hydrogens is 258 g/mol. The molecule has 2 rings (SSSR count). The number of sulfone groups is 1. The molecule has 6 heteroatoms. The molecule has 17 heavy (non-hydrogen) atoms. The second kappa shape index (κ2) is 5.01. The highest BCUT2D eigenvalue weighted by Gasteiger charge is 2.28. The fourth-order valence-corrected chi connectivity index (χ4v) is 4.00. The number of carbonyl (C=O) groups is 1. The summed E-state index contributed by atoms with van der Waals surface area (Å²) in [5.41, 5.74) is 0.976. The molecule has 1 aliphatic heterocycles.